The van der Waals surface area contributed by atoms with Crippen molar-refractivity contribution >= 4 is 11.7 Å². The van der Waals surface area contributed by atoms with Crippen LogP contribution in [-0.4, -0.2) is 30.7 Å². The van der Waals surface area contributed by atoms with Gasteiger partial charge in [-0.05, 0) is 43.2 Å². The van der Waals surface area contributed by atoms with E-state index in [2.05, 4.69) is 13.0 Å². The minimum atomic E-state index is -0.780. The molecular formula is C31H31N3O8. The summed E-state index contributed by atoms with van der Waals surface area (Å²) in [7, 11) is 0. The van der Waals surface area contributed by atoms with Crippen LogP contribution in [0, 0.1) is 21.4 Å². The molecule has 4 rings (SSSR count). The number of allylic oxidation sites excluding steroid dienone is 1. The summed E-state index contributed by atoms with van der Waals surface area (Å²) in [5.41, 5.74) is 7.49. The lowest BCUT2D eigenvalue weighted by Crippen LogP contribution is -2.22. The van der Waals surface area contributed by atoms with E-state index in [0.717, 1.165) is 24.8 Å². The highest BCUT2D eigenvalue weighted by Crippen LogP contribution is 2.45. The number of nitrogens with two attached hydrogens (primary N) is 1. The van der Waals surface area contributed by atoms with Gasteiger partial charge in [0.25, 0.3) is 0 Å². The van der Waals surface area contributed by atoms with Gasteiger partial charge in [-0.1, -0.05) is 44.0 Å². The normalized spacial score (nSPS) is 13.8. The average Bonchev–Trinajstić information content (AvgIpc) is 2.98. The molecule has 0 amide bonds. The van der Waals surface area contributed by atoms with E-state index in [1.165, 1.54) is 24.3 Å². The van der Waals surface area contributed by atoms with Crippen LogP contribution in [0.25, 0.3) is 0 Å². The van der Waals surface area contributed by atoms with Crippen LogP contribution < -0.4 is 29.4 Å². The number of hydrogen-bond donors (Lipinski definition) is 1. The Morgan fingerprint density at radius 2 is 1.83 bits per heavy atom. The van der Waals surface area contributed by atoms with Crippen LogP contribution in [0.5, 0.6) is 28.7 Å². The molecule has 1 aliphatic rings. The van der Waals surface area contributed by atoms with Gasteiger partial charge in [0.2, 0.25) is 5.88 Å². The summed E-state index contributed by atoms with van der Waals surface area (Å²) in [4.78, 5) is 23.0. The quantitative estimate of drug-likeness (QED) is 0.0876. The Labute approximate surface area is 243 Å². The molecular weight excluding hydrogens is 542 g/mol. The van der Waals surface area contributed by atoms with Crippen molar-refractivity contribution in [3.63, 3.8) is 0 Å². The predicted molar refractivity (Wildman–Crippen MR) is 153 cm³/mol. The Kier molecular flexibility index (Phi) is 9.84. The van der Waals surface area contributed by atoms with Crippen molar-refractivity contribution in [3.8, 4) is 34.8 Å². The number of nitro benzene ring substituents is 1. The summed E-state index contributed by atoms with van der Waals surface area (Å²) in [5.74, 6) is 0.139. The third kappa shape index (κ3) is 6.90. The summed E-state index contributed by atoms with van der Waals surface area (Å²) in [6, 6.07) is 18.1. The first-order valence-corrected chi connectivity index (χ1v) is 13.5. The van der Waals surface area contributed by atoms with Crippen molar-refractivity contribution in [2.45, 2.75) is 39.0 Å². The molecule has 0 bridgehead atoms. The van der Waals surface area contributed by atoms with Crippen molar-refractivity contribution in [1.29, 1.82) is 5.26 Å². The molecule has 0 saturated carbocycles. The van der Waals surface area contributed by atoms with Gasteiger partial charge in [-0.2, -0.15) is 5.26 Å². The van der Waals surface area contributed by atoms with Gasteiger partial charge in [0.1, 0.15) is 23.1 Å². The minimum absolute atomic E-state index is 0.0539. The third-order valence-electron chi connectivity index (χ3n) is 6.44. The zero-order valence-corrected chi connectivity index (χ0v) is 23.3. The van der Waals surface area contributed by atoms with Gasteiger partial charge in [0, 0.05) is 17.7 Å². The lowest BCUT2D eigenvalue weighted by atomic mass is 9.83. The first-order chi connectivity index (χ1) is 20.4. The first kappa shape index (κ1) is 29.7. The summed E-state index contributed by atoms with van der Waals surface area (Å²) in [5, 5.41) is 21.1. The molecule has 0 fully saturated rings. The number of esters is 1. The molecule has 1 unspecified atom stereocenters. The maximum Gasteiger partial charge on any atom is 0.349 e. The molecule has 0 spiro atoms. The van der Waals surface area contributed by atoms with Crippen LogP contribution in [0.2, 0.25) is 0 Å². The van der Waals surface area contributed by atoms with Gasteiger partial charge in [0.05, 0.1) is 24.1 Å². The Balaban J connectivity index is 1.55. The average molecular weight is 574 g/mol. The highest BCUT2D eigenvalue weighted by Gasteiger charge is 2.32. The summed E-state index contributed by atoms with van der Waals surface area (Å²) >= 11 is 0. The van der Waals surface area contributed by atoms with E-state index in [-0.39, 0.29) is 28.6 Å². The molecule has 3 aromatic carbocycles. The molecule has 218 valence electrons. The van der Waals surface area contributed by atoms with Crippen LogP contribution in [0.3, 0.4) is 0 Å². The highest BCUT2D eigenvalue weighted by molar-refractivity contribution is 5.74. The van der Waals surface area contributed by atoms with Gasteiger partial charge in [-0.15, -0.1) is 0 Å². The molecule has 11 heteroatoms. The molecule has 1 atom stereocenters. The van der Waals surface area contributed by atoms with E-state index in [1.54, 1.807) is 18.2 Å². The van der Waals surface area contributed by atoms with Gasteiger partial charge in [-0.3, -0.25) is 10.1 Å². The number of nitriles is 1. The molecule has 1 aliphatic heterocycles. The van der Waals surface area contributed by atoms with Crippen LogP contribution >= 0.6 is 0 Å². The number of hydrogen-bond acceptors (Lipinski definition) is 10. The van der Waals surface area contributed by atoms with Crippen LogP contribution in [0.1, 0.15) is 50.2 Å². The summed E-state index contributed by atoms with van der Waals surface area (Å²) in [6.45, 7) is 4.45. The Morgan fingerprint density at radius 1 is 1.02 bits per heavy atom. The number of ether oxygens (including phenoxy) is 5. The van der Waals surface area contributed by atoms with Crippen LogP contribution in [0.4, 0.5) is 5.69 Å². The summed E-state index contributed by atoms with van der Waals surface area (Å²) in [6.07, 6.45) is 3.08. The summed E-state index contributed by atoms with van der Waals surface area (Å²) < 4.78 is 28.2. The van der Waals surface area contributed by atoms with E-state index in [1.807, 2.05) is 25.1 Å². The van der Waals surface area contributed by atoms with E-state index in [0.29, 0.717) is 36.0 Å². The first-order valence-electron chi connectivity index (χ1n) is 13.5. The van der Waals surface area contributed by atoms with Crippen LogP contribution in [0.15, 0.2) is 72.1 Å². The number of nitro groups is 1. The second-order valence-corrected chi connectivity index (χ2v) is 9.31. The molecule has 1 heterocycles. The maximum atomic E-state index is 12.5. The number of carbonyl (C=O) groups excluding carboxylic acids is 1. The highest BCUT2D eigenvalue weighted by atomic mass is 16.6. The molecule has 0 aromatic heterocycles. The largest absolute Gasteiger partial charge is 0.490 e. The van der Waals surface area contributed by atoms with Crippen LogP contribution in [-0.2, 0) is 4.79 Å². The number of unbranched alkanes of at least 4 members (excludes halogenated alkanes) is 2. The molecule has 42 heavy (non-hydrogen) atoms. The fourth-order valence-electron chi connectivity index (χ4n) is 4.50. The smallest absolute Gasteiger partial charge is 0.349 e. The molecule has 0 aliphatic carbocycles. The van der Waals surface area contributed by atoms with E-state index in [9.17, 15) is 20.2 Å². The van der Waals surface area contributed by atoms with Gasteiger partial charge >= 0.3 is 11.7 Å². The number of carbonyl (C=O) groups is 1. The number of nitrogens with zero attached hydrogens (tertiary/aromatic N) is 2. The number of fused-ring (bicyclic) bond motifs is 1. The molecule has 0 saturated heterocycles. The number of rotatable bonds is 13. The van der Waals surface area contributed by atoms with Gasteiger partial charge < -0.3 is 29.4 Å². The zero-order valence-electron chi connectivity index (χ0n) is 23.3. The van der Waals surface area contributed by atoms with Crippen molar-refractivity contribution in [2.75, 3.05) is 19.8 Å². The van der Waals surface area contributed by atoms with Gasteiger partial charge in [0.15, 0.2) is 23.9 Å². The number of para-hydroxylation sites is 2. The predicted octanol–water partition coefficient (Wildman–Crippen LogP) is 5.77. The lowest BCUT2D eigenvalue weighted by molar-refractivity contribution is -0.385. The second kappa shape index (κ2) is 13.9. The van der Waals surface area contributed by atoms with E-state index >= 15 is 0 Å². The fourth-order valence-corrected chi connectivity index (χ4v) is 4.50. The second-order valence-electron chi connectivity index (χ2n) is 9.31. The van der Waals surface area contributed by atoms with Crippen molar-refractivity contribution in [3.05, 3.63) is 93.4 Å². The molecule has 11 nitrogen and oxygen atoms in total. The standard InChI is InChI=1S/C31H31N3O8/c1-3-5-8-15-39-26-14-11-20(16-28(26)38-4-2)30-22-13-12-21(17-27(22)42-31(33)23(30)18-32)41-29(35)19-40-25-10-7-6-9-24(25)34(36)37/h6-7,9-14,16-17,30H,3-5,8,15,19,33H2,1-2H3. The van der Waals surface area contributed by atoms with E-state index in [4.69, 9.17) is 29.4 Å². The van der Waals surface area contributed by atoms with Crippen molar-refractivity contribution < 1.29 is 33.4 Å². The zero-order chi connectivity index (χ0) is 30.1. The maximum absolute atomic E-state index is 12.5. The monoisotopic (exact) mass is 573 g/mol. The molecule has 2 N–H and O–H groups in total. The third-order valence-corrected chi connectivity index (χ3v) is 6.44. The molecule has 3 aromatic rings. The van der Waals surface area contributed by atoms with Gasteiger partial charge in [-0.25, -0.2) is 4.79 Å². The van der Waals surface area contributed by atoms with Crippen molar-refractivity contribution in [1.82, 2.24) is 0 Å². The fraction of sp³-hybridized carbons (Fsp3) is 0.290. The Hall–Kier alpha value is -5.24. The minimum Gasteiger partial charge on any atom is -0.490 e. The topological polar surface area (TPSA) is 156 Å². The lowest BCUT2D eigenvalue weighted by Gasteiger charge is -2.27. The Bertz CT molecular complexity index is 1530. The Morgan fingerprint density at radius 3 is 2.57 bits per heavy atom. The van der Waals surface area contributed by atoms with E-state index < -0.39 is 23.4 Å². The molecule has 0 radical (unpaired) electrons. The SMILES string of the molecule is CCCCCOc1ccc(C2C(C#N)=C(N)Oc3cc(OC(=O)COc4ccccc4[N+](=O)[O-])ccc32)cc1OCC. The van der Waals surface area contributed by atoms with Crippen molar-refractivity contribution in [2.24, 2.45) is 5.73 Å². The number of benzene rings is 3.